The number of rotatable bonds is 2. The third-order valence-corrected chi connectivity index (χ3v) is 4.91. The molecule has 0 N–H and O–H groups in total. The number of halogens is 4. The fraction of sp³-hybridized carbons (Fsp3) is 1.00. The molecule has 0 radical (unpaired) electrons. The van der Waals surface area contributed by atoms with Gasteiger partial charge in [0, 0.05) is 0 Å². The molecule has 2 fully saturated rings. The van der Waals surface area contributed by atoms with Crippen molar-refractivity contribution in [1.29, 1.82) is 0 Å². The topological polar surface area (TPSA) is 0 Å². The van der Waals surface area contributed by atoms with Crippen LogP contribution in [0.5, 0.6) is 0 Å². The molecule has 0 aliphatic heterocycles. The van der Waals surface area contributed by atoms with E-state index in [4.69, 9.17) is 46.4 Å². The second-order valence-electron chi connectivity index (χ2n) is 3.81. The molecule has 0 heterocycles. The molecule has 0 saturated heterocycles. The van der Waals surface area contributed by atoms with Crippen LogP contribution in [0.1, 0.15) is 25.7 Å². The maximum absolute atomic E-state index is 6.41. The van der Waals surface area contributed by atoms with Crippen molar-refractivity contribution in [3.63, 3.8) is 0 Å². The van der Waals surface area contributed by atoms with Gasteiger partial charge in [0.15, 0.2) is 0 Å². The van der Waals surface area contributed by atoms with Gasteiger partial charge in [-0.3, -0.25) is 0 Å². The summed E-state index contributed by atoms with van der Waals surface area (Å²) >= 11 is 24.1. The highest BCUT2D eigenvalue weighted by Crippen LogP contribution is 2.64. The van der Waals surface area contributed by atoms with Gasteiger partial charge in [-0.2, -0.15) is 0 Å². The van der Waals surface area contributed by atoms with E-state index >= 15 is 0 Å². The number of alkyl halides is 4. The monoisotopic (exact) mass is 246 g/mol. The van der Waals surface area contributed by atoms with Crippen molar-refractivity contribution in [2.45, 2.75) is 34.3 Å². The van der Waals surface area contributed by atoms with Crippen LogP contribution in [0.4, 0.5) is 0 Å². The molecular weight excluding hydrogens is 238 g/mol. The van der Waals surface area contributed by atoms with Crippen molar-refractivity contribution in [2.75, 3.05) is 0 Å². The van der Waals surface area contributed by atoms with Crippen LogP contribution in [0.15, 0.2) is 0 Å². The van der Waals surface area contributed by atoms with Gasteiger partial charge in [-0.1, -0.05) is 34.8 Å². The molecule has 2 aliphatic carbocycles. The molecule has 70 valence electrons. The van der Waals surface area contributed by atoms with Gasteiger partial charge in [-0.25, -0.2) is 0 Å². The van der Waals surface area contributed by atoms with Crippen molar-refractivity contribution < 1.29 is 0 Å². The Hall–Kier alpha value is 1.16. The molecule has 12 heavy (non-hydrogen) atoms. The van der Waals surface area contributed by atoms with E-state index in [1.807, 2.05) is 0 Å². The maximum atomic E-state index is 6.41. The summed E-state index contributed by atoms with van der Waals surface area (Å²) in [6, 6.07) is 0. The minimum absolute atomic E-state index is 0.430. The molecule has 2 rings (SSSR count). The van der Waals surface area contributed by atoms with Crippen molar-refractivity contribution in [3.05, 3.63) is 0 Å². The Morgan fingerprint density at radius 1 is 0.750 bits per heavy atom. The van der Waals surface area contributed by atoms with Gasteiger partial charge in [0.2, 0.25) is 3.79 Å². The second kappa shape index (κ2) is 2.82. The summed E-state index contributed by atoms with van der Waals surface area (Å²) in [6.07, 6.45) is 4.48. The predicted molar refractivity (Wildman–Crippen MR) is 54.3 cm³/mol. The summed E-state index contributed by atoms with van der Waals surface area (Å²) < 4.78 is -1.29. The predicted octanol–water partition coefficient (Wildman–Crippen LogP) is 4.15. The van der Waals surface area contributed by atoms with Gasteiger partial charge >= 0.3 is 0 Å². The lowest BCUT2D eigenvalue weighted by atomic mass is 9.99. The fourth-order valence-electron chi connectivity index (χ4n) is 1.80. The Labute approximate surface area is 92.5 Å². The molecule has 0 amide bonds. The first-order chi connectivity index (χ1) is 5.46. The molecule has 0 aromatic rings. The van der Waals surface area contributed by atoms with Crippen LogP contribution in [0.2, 0.25) is 0 Å². The molecule has 0 aromatic carbocycles. The lowest BCUT2D eigenvalue weighted by molar-refractivity contribution is 0.455. The molecule has 0 atom stereocenters. The number of hydrogen-bond acceptors (Lipinski definition) is 0. The highest BCUT2D eigenvalue weighted by molar-refractivity contribution is 6.71. The lowest BCUT2D eigenvalue weighted by Gasteiger charge is -2.34. The zero-order valence-electron chi connectivity index (χ0n) is 6.49. The zero-order valence-corrected chi connectivity index (χ0v) is 9.52. The van der Waals surface area contributed by atoms with Crippen LogP contribution >= 0.6 is 46.4 Å². The summed E-state index contributed by atoms with van der Waals surface area (Å²) in [5.74, 6) is 0.860. The molecule has 0 nitrogen and oxygen atoms in total. The van der Waals surface area contributed by atoms with Gasteiger partial charge in [-0.05, 0) is 37.5 Å². The third kappa shape index (κ3) is 1.45. The van der Waals surface area contributed by atoms with Crippen molar-refractivity contribution in [1.82, 2.24) is 0 Å². The van der Waals surface area contributed by atoms with Crippen LogP contribution in [0.25, 0.3) is 0 Å². The van der Waals surface area contributed by atoms with E-state index in [1.165, 1.54) is 0 Å². The molecule has 2 aliphatic rings. The van der Waals surface area contributed by atoms with E-state index in [2.05, 4.69) is 0 Å². The summed E-state index contributed by atoms with van der Waals surface area (Å²) in [5, 5.41) is 0. The van der Waals surface area contributed by atoms with Gasteiger partial charge in [0.05, 0.1) is 4.87 Å². The first-order valence-corrected chi connectivity index (χ1v) is 5.73. The second-order valence-corrected chi connectivity index (χ2v) is 6.72. The van der Waals surface area contributed by atoms with E-state index in [-0.39, 0.29) is 0 Å². The Morgan fingerprint density at radius 3 is 1.25 bits per heavy atom. The van der Waals surface area contributed by atoms with Crippen LogP contribution in [0.3, 0.4) is 0 Å². The minimum Gasteiger partial charge on any atom is -0.114 e. The van der Waals surface area contributed by atoms with Crippen molar-refractivity contribution in [2.24, 2.45) is 11.8 Å². The van der Waals surface area contributed by atoms with Crippen molar-refractivity contribution >= 4 is 46.4 Å². The van der Waals surface area contributed by atoms with Crippen LogP contribution in [-0.2, 0) is 0 Å². The quantitative estimate of drug-likeness (QED) is 0.643. The Bertz CT molecular complexity index is 176. The van der Waals surface area contributed by atoms with Gasteiger partial charge in [-0.15, -0.1) is 11.6 Å². The smallest absolute Gasteiger partial charge is 0.114 e. The van der Waals surface area contributed by atoms with Crippen LogP contribution in [0, 0.1) is 11.8 Å². The summed E-state index contributed by atoms with van der Waals surface area (Å²) in [5.41, 5.74) is 0. The van der Waals surface area contributed by atoms with Gasteiger partial charge in [0.1, 0.15) is 0 Å². The van der Waals surface area contributed by atoms with Gasteiger partial charge < -0.3 is 0 Å². The summed E-state index contributed by atoms with van der Waals surface area (Å²) in [7, 11) is 0. The van der Waals surface area contributed by atoms with E-state index in [1.54, 1.807) is 0 Å². The van der Waals surface area contributed by atoms with E-state index in [9.17, 15) is 0 Å². The average molecular weight is 248 g/mol. The first kappa shape index (κ1) is 9.71. The largest absolute Gasteiger partial charge is 0.209 e. The number of hydrogen-bond donors (Lipinski definition) is 0. The Morgan fingerprint density at radius 2 is 1.08 bits per heavy atom. The molecule has 0 bridgehead atoms. The Balaban J connectivity index is 2.20. The average Bonchev–Trinajstić information content (AvgIpc) is 2.79. The molecule has 0 aromatic heterocycles. The van der Waals surface area contributed by atoms with Crippen molar-refractivity contribution in [3.8, 4) is 0 Å². The van der Waals surface area contributed by atoms with Crippen LogP contribution < -0.4 is 0 Å². The fourth-order valence-corrected chi connectivity index (χ4v) is 3.17. The first-order valence-electron chi connectivity index (χ1n) is 4.22. The molecule has 2 saturated carbocycles. The van der Waals surface area contributed by atoms with E-state index in [0.717, 1.165) is 25.7 Å². The molecule has 4 heteroatoms. The van der Waals surface area contributed by atoms with E-state index < -0.39 is 8.67 Å². The molecule has 0 spiro atoms. The molecular formula is C8H10Cl4. The zero-order chi connectivity index (χ0) is 8.98. The molecule has 0 unspecified atom stereocenters. The van der Waals surface area contributed by atoms with E-state index in [0.29, 0.717) is 11.8 Å². The third-order valence-electron chi connectivity index (χ3n) is 2.78. The summed E-state index contributed by atoms with van der Waals surface area (Å²) in [6.45, 7) is 0. The SMILES string of the molecule is ClC(Cl)(Cl)C(Cl)(C1CC1)C1CC1. The highest BCUT2D eigenvalue weighted by Gasteiger charge is 2.63. The van der Waals surface area contributed by atoms with Gasteiger partial charge in [0.25, 0.3) is 0 Å². The standard InChI is InChI=1S/C8H10Cl4/c9-7(5-1-2-5,6-3-4-6)8(10,11)12/h5-6H,1-4H2. The lowest BCUT2D eigenvalue weighted by Crippen LogP contribution is -2.41. The van der Waals surface area contributed by atoms with Crippen LogP contribution in [-0.4, -0.2) is 8.67 Å². The maximum Gasteiger partial charge on any atom is 0.209 e. The summed E-state index contributed by atoms with van der Waals surface area (Å²) in [4.78, 5) is -0.572. The normalized spacial score (nSPS) is 26.0. The highest BCUT2D eigenvalue weighted by atomic mass is 35.6. The Kier molecular flexibility index (Phi) is 2.28. The minimum atomic E-state index is -1.29.